The van der Waals surface area contributed by atoms with Crippen LogP contribution < -0.4 is 10.1 Å². The van der Waals surface area contributed by atoms with Crippen LogP contribution in [-0.4, -0.2) is 6.54 Å². The first-order valence-electron chi connectivity index (χ1n) is 7.22. The van der Waals surface area contributed by atoms with E-state index in [4.69, 9.17) is 20.8 Å². The van der Waals surface area contributed by atoms with Crippen molar-refractivity contribution in [1.82, 2.24) is 5.32 Å². The molecule has 0 amide bonds. The van der Waals surface area contributed by atoms with Gasteiger partial charge in [0.05, 0.1) is 6.54 Å². The van der Waals surface area contributed by atoms with E-state index in [1.54, 1.807) is 6.07 Å². The zero-order valence-corrected chi connectivity index (χ0v) is 13.5. The summed E-state index contributed by atoms with van der Waals surface area (Å²) in [6.45, 7) is 8.57. The molecule has 0 saturated carbocycles. The molecule has 3 nitrogen and oxygen atoms in total. The Hall–Kier alpha value is -1.45. The van der Waals surface area contributed by atoms with Crippen LogP contribution in [0.25, 0.3) is 0 Å². The van der Waals surface area contributed by atoms with Crippen LogP contribution in [-0.2, 0) is 13.2 Å². The average Bonchev–Trinajstić information content (AvgIpc) is 2.77. The van der Waals surface area contributed by atoms with Crippen LogP contribution in [0.3, 0.4) is 0 Å². The molecule has 4 heteroatoms. The van der Waals surface area contributed by atoms with Crippen LogP contribution in [0.1, 0.15) is 30.9 Å². The summed E-state index contributed by atoms with van der Waals surface area (Å²) in [7, 11) is 0. The first-order chi connectivity index (χ1) is 10.0. The largest absolute Gasteiger partial charge is 0.486 e. The molecular weight excluding hydrogens is 286 g/mol. The summed E-state index contributed by atoms with van der Waals surface area (Å²) in [5, 5.41) is 4.05. The fraction of sp³-hybridized carbons (Fsp3) is 0.412. The SMILES string of the molecule is Cc1cc(COc2cccc(Cl)c2)oc1CNCC(C)C. The highest BCUT2D eigenvalue weighted by atomic mass is 35.5. The summed E-state index contributed by atoms with van der Waals surface area (Å²) in [6, 6.07) is 9.39. The van der Waals surface area contributed by atoms with Crippen LogP contribution in [0.2, 0.25) is 5.02 Å². The second-order valence-corrected chi connectivity index (χ2v) is 6.03. The fourth-order valence-corrected chi connectivity index (χ4v) is 2.20. The van der Waals surface area contributed by atoms with Crippen LogP contribution >= 0.6 is 11.6 Å². The molecule has 0 unspecified atom stereocenters. The van der Waals surface area contributed by atoms with Gasteiger partial charge in [-0.1, -0.05) is 31.5 Å². The van der Waals surface area contributed by atoms with E-state index in [1.807, 2.05) is 24.3 Å². The van der Waals surface area contributed by atoms with E-state index in [2.05, 4.69) is 26.1 Å². The summed E-state index contributed by atoms with van der Waals surface area (Å²) in [6.07, 6.45) is 0. The lowest BCUT2D eigenvalue weighted by Gasteiger charge is -2.06. The van der Waals surface area contributed by atoms with Crippen LogP contribution in [0.5, 0.6) is 5.75 Å². The van der Waals surface area contributed by atoms with E-state index in [1.165, 1.54) is 0 Å². The second kappa shape index (κ2) is 7.53. The molecule has 0 atom stereocenters. The molecule has 1 N–H and O–H groups in total. The molecule has 1 heterocycles. The lowest BCUT2D eigenvalue weighted by atomic mass is 10.2. The maximum Gasteiger partial charge on any atom is 0.146 e. The lowest BCUT2D eigenvalue weighted by molar-refractivity contribution is 0.265. The Morgan fingerprint density at radius 3 is 2.81 bits per heavy atom. The van der Waals surface area contributed by atoms with E-state index in [0.29, 0.717) is 17.5 Å². The van der Waals surface area contributed by atoms with Crippen molar-refractivity contribution in [2.24, 2.45) is 5.92 Å². The fourth-order valence-electron chi connectivity index (χ4n) is 2.02. The zero-order chi connectivity index (χ0) is 15.2. The first kappa shape index (κ1) is 15.9. The second-order valence-electron chi connectivity index (χ2n) is 5.59. The maximum absolute atomic E-state index is 5.93. The van der Waals surface area contributed by atoms with Gasteiger partial charge in [-0.15, -0.1) is 0 Å². The van der Waals surface area contributed by atoms with Crippen molar-refractivity contribution in [2.45, 2.75) is 33.9 Å². The van der Waals surface area contributed by atoms with Gasteiger partial charge in [0.1, 0.15) is 23.9 Å². The number of nitrogens with one attached hydrogen (secondary N) is 1. The Kier molecular flexibility index (Phi) is 5.71. The molecule has 1 aromatic carbocycles. The molecule has 2 aromatic rings. The molecule has 0 aliphatic heterocycles. The third kappa shape index (κ3) is 5.10. The number of rotatable bonds is 7. The number of ether oxygens (including phenoxy) is 1. The topological polar surface area (TPSA) is 34.4 Å². The molecule has 0 spiro atoms. The normalized spacial score (nSPS) is 11.1. The smallest absolute Gasteiger partial charge is 0.146 e. The minimum absolute atomic E-state index is 0.408. The summed E-state index contributed by atoms with van der Waals surface area (Å²) in [4.78, 5) is 0. The number of benzene rings is 1. The minimum Gasteiger partial charge on any atom is -0.486 e. The predicted octanol–water partition coefficient (Wildman–Crippen LogP) is 4.57. The Labute approximate surface area is 131 Å². The number of hydrogen-bond donors (Lipinski definition) is 1. The summed E-state index contributed by atoms with van der Waals surface area (Å²) in [5.74, 6) is 3.18. The summed E-state index contributed by atoms with van der Waals surface area (Å²) < 4.78 is 11.5. The molecular formula is C17H22ClNO2. The predicted molar refractivity (Wildman–Crippen MR) is 85.8 cm³/mol. The standard InChI is InChI=1S/C17H22ClNO2/c1-12(2)9-19-10-17-13(3)7-16(21-17)11-20-15-6-4-5-14(18)8-15/h4-8,12,19H,9-11H2,1-3H3. The molecule has 0 fully saturated rings. The lowest BCUT2D eigenvalue weighted by Crippen LogP contribution is -2.18. The summed E-state index contributed by atoms with van der Waals surface area (Å²) >= 11 is 5.93. The monoisotopic (exact) mass is 307 g/mol. The molecule has 21 heavy (non-hydrogen) atoms. The van der Waals surface area contributed by atoms with Gasteiger partial charge in [0.15, 0.2) is 0 Å². The molecule has 1 aromatic heterocycles. The van der Waals surface area contributed by atoms with Gasteiger partial charge in [-0.3, -0.25) is 0 Å². The van der Waals surface area contributed by atoms with Gasteiger partial charge in [-0.05, 0) is 49.2 Å². The number of furan rings is 1. The van der Waals surface area contributed by atoms with Crippen molar-refractivity contribution in [1.29, 1.82) is 0 Å². The van der Waals surface area contributed by atoms with Crippen molar-refractivity contribution in [3.8, 4) is 5.75 Å². The van der Waals surface area contributed by atoms with Crippen molar-refractivity contribution in [3.63, 3.8) is 0 Å². The average molecular weight is 308 g/mol. The van der Waals surface area contributed by atoms with Crippen LogP contribution in [0.4, 0.5) is 0 Å². The van der Waals surface area contributed by atoms with E-state index in [-0.39, 0.29) is 0 Å². The van der Waals surface area contributed by atoms with Gasteiger partial charge in [-0.2, -0.15) is 0 Å². The number of aryl methyl sites for hydroxylation is 1. The molecule has 0 aliphatic carbocycles. The van der Waals surface area contributed by atoms with Crippen molar-refractivity contribution >= 4 is 11.6 Å². The van der Waals surface area contributed by atoms with Gasteiger partial charge in [0.25, 0.3) is 0 Å². The Bertz CT molecular complexity index is 578. The first-order valence-corrected chi connectivity index (χ1v) is 7.59. The molecule has 0 bridgehead atoms. The Morgan fingerprint density at radius 1 is 1.29 bits per heavy atom. The van der Waals surface area contributed by atoms with E-state index < -0.39 is 0 Å². The highest BCUT2D eigenvalue weighted by Gasteiger charge is 2.08. The van der Waals surface area contributed by atoms with Gasteiger partial charge in [0.2, 0.25) is 0 Å². The van der Waals surface area contributed by atoms with Gasteiger partial charge in [0, 0.05) is 5.02 Å². The van der Waals surface area contributed by atoms with Crippen molar-refractivity contribution < 1.29 is 9.15 Å². The minimum atomic E-state index is 0.408. The third-order valence-corrected chi connectivity index (χ3v) is 3.32. The van der Waals surface area contributed by atoms with Gasteiger partial charge >= 0.3 is 0 Å². The Morgan fingerprint density at radius 2 is 2.10 bits per heavy atom. The van der Waals surface area contributed by atoms with Crippen molar-refractivity contribution in [2.75, 3.05) is 6.54 Å². The molecule has 0 aliphatic rings. The van der Waals surface area contributed by atoms with E-state index in [9.17, 15) is 0 Å². The highest BCUT2D eigenvalue weighted by molar-refractivity contribution is 6.30. The quantitative estimate of drug-likeness (QED) is 0.814. The Balaban J connectivity index is 1.89. The number of halogens is 1. The van der Waals surface area contributed by atoms with E-state index in [0.717, 1.165) is 35.9 Å². The van der Waals surface area contributed by atoms with Gasteiger partial charge < -0.3 is 14.5 Å². The third-order valence-electron chi connectivity index (χ3n) is 3.09. The highest BCUT2D eigenvalue weighted by Crippen LogP contribution is 2.20. The van der Waals surface area contributed by atoms with Crippen molar-refractivity contribution in [3.05, 3.63) is 52.4 Å². The number of hydrogen-bond acceptors (Lipinski definition) is 3. The molecule has 0 radical (unpaired) electrons. The van der Waals surface area contributed by atoms with E-state index >= 15 is 0 Å². The molecule has 0 saturated heterocycles. The van der Waals surface area contributed by atoms with Crippen LogP contribution in [0.15, 0.2) is 34.7 Å². The maximum atomic E-state index is 5.93. The molecule has 114 valence electrons. The summed E-state index contributed by atoms with van der Waals surface area (Å²) in [5.41, 5.74) is 1.15. The van der Waals surface area contributed by atoms with Gasteiger partial charge in [-0.25, -0.2) is 0 Å². The zero-order valence-electron chi connectivity index (χ0n) is 12.8. The van der Waals surface area contributed by atoms with Crippen LogP contribution in [0, 0.1) is 12.8 Å². The molecule has 2 rings (SSSR count).